The zero-order chi connectivity index (χ0) is 61.4. The Bertz CT molecular complexity index is 4400. The number of nitrogens with one attached hydrogen (secondary N) is 1. The molecule has 444 valence electrons. The highest BCUT2D eigenvalue weighted by Gasteiger charge is 2.24. The number of phenols is 1. The van der Waals surface area contributed by atoms with Crippen LogP contribution in [0.5, 0.6) is 28.7 Å². The van der Waals surface area contributed by atoms with Crippen LogP contribution in [0.3, 0.4) is 0 Å². The predicted molar refractivity (Wildman–Crippen MR) is 303 cm³/mol. The maximum atomic E-state index is 12.7. The third kappa shape index (κ3) is 16.9. The Morgan fingerprint density at radius 3 is 1.36 bits per heavy atom. The Labute approximate surface area is 480 Å². The van der Waals surface area contributed by atoms with Crippen molar-refractivity contribution in [2.75, 3.05) is 44.3 Å². The van der Waals surface area contributed by atoms with Gasteiger partial charge in [0, 0.05) is 41.0 Å². The van der Waals surface area contributed by atoms with Gasteiger partial charge in [0.2, 0.25) is 0 Å². The molecule has 0 heterocycles. The van der Waals surface area contributed by atoms with E-state index in [0.29, 0.717) is 22.9 Å². The van der Waals surface area contributed by atoms with Gasteiger partial charge in [-0.3, -0.25) is 22.8 Å². The number of methoxy groups -OCH3 is 2. The smallest absolute Gasteiger partial charge is 0.296 e. The molecule has 0 aliphatic heterocycles. The van der Waals surface area contributed by atoms with Gasteiger partial charge >= 0.3 is 0 Å². The molecule has 0 saturated carbocycles. The number of benzene rings is 7. The van der Waals surface area contributed by atoms with Crippen LogP contribution in [0.2, 0.25) is 0 Å². The van der Waals surface area contributed by atoms with Crippen molar-refractivity contribution in [1.82, 2.24) is 0 Å². The van der Waals surface area contributed by atoms with Crippen molar-refractivity contribution in [3.05, 3.63) is 120 Å². The molecule has 0 saturated heterocycles. The van der Waals surface area contributed by atoms with Crippen molar-refractivity contribution in [1.29, 1.82) is 0 Å². The first-order valence-electron chi connectivity index (χ1n) is 24.0. The van der Waals surface area contributed by atoms with Gasteiger partial charge in [0.1, 0.15) is 66.9 Å². The number of fused-ring (bicyclic) bond motifs is 1. The Hall–Kier alpha value is -8.45. The number of ether oxygens (including phenoxy) is 4. The van der Waals surface area contributed by atoms with Crippen molar-refractivity contribution in [3.63, 3.8) is 0 Å². The number of hydrogen-bond acceptors (Lipinski definition) is 24. The summed E-state index contributed by atoms with van der Waals surface area (Å²) in [4.78, 5) is -2.63. The summed E-state index contributed by atoms with van der Waals surface area (Å²) in [5.41, 5.74) is 0.929. The number of aromatic hydroxyl groups is 1. The summed E-state index contributed by atoms with van der Waals surface area (Å²) >= 11 is 0. The molecule has 34 heteroatoms. The van der Waals surface area contributed by atoms with Crippen LogP contribution in [0.1, 0.15) is 24.0 Å². The Balaban J connectivity index is 1.23. The summed E-state index contributed by atoms with van der Waals surface area (Å²) in [7, 11) is -21.3. The van der Waals surface area contributed by atoms with Crippen LogP contribution < -0.4 is 24.3 Å². The maximum Gasteiger partial charge on any atom is 0.296 e. The van der Waals surface area contributed by atoms with E-state index in [1.54, 1.807) is 19.1 Å². The maximum absolute atomic E-state index is 12.7. The Kier molecular flexibility index (Phi) is 19.5. The second-order valence-corrected chi connectivity index (χ2v) is 25.1. The first-order chi connectivity index (χ1) is 39.4. The molecule has 0 radical (unpaired) electrons. The predicted octanol–water partition coefficient (Wildman–Crippen LogP) is 11.6. The highest BCUT2D eigenvalue weighted by Crippen LogP contribution is 2.46. The number of nitrogens with zero attached hydrogens (tertiary/aromatic N) is 8. The lowest BCUT2D eigenvalue weighted by Gasteiger charge is -2.13. The first-order valence-corrected chi connectivity index (χ1v) is 31.5. The summed E-state index contributed by atoms with van der Waals surface area (Å²) in [6, 6.07) is 25.2. The van der Waals surface area contributed by atoms with Crippen molar-refractivity contribution < 1.29 is 88.9 Å². The molecule has 0 spiro atoms. The van der Waals surface area contributed by atoms with Crippen LogP contribution in [-0.2, 0) is 50.6 Å². The molecule has 0 aliphatic carbocycles. The van der Waals surface area contributed by atoms with Gasteiger partial charge in [0.05, 0.1) is 55.2 Å². The van der Waals surface area contributed by atoms with Crippen molar-refractivity contribution >= 4 is 118 Å². The molecular formula is C50H49N9O20S5. The van der Waals surface area contributed by atoms with Crippen LogP contribution in [0.4, 0.5) is 56.9 Å². The molecule has 7 N–H and O–H groups in total. The van der Waals surface area contributed by atoms with E-state index in [0.717, 1.165) is 23.9 Å². The minimum Gasteiger partial charge on any atom is -0.505 e. The van der Waals surface area contributed by atoms with E-state index in [4.69, 9.17) is 18.9 Å². The number of azo groups is 4. The molecule has 0 bridgehead atoms. The molecule has 7 aromatic carbocycles. The van der Waals surface area contributed by atoms with Crippen LogP contribution in [0, 0.1) is 13.8 Å². The minimum atomic E-state index is -5.12. The highest BCUT2D eigenvalue weighted by molar-refractivity contribution is 7.87. The SMILES string of the molecule is COc1cc(N=Nc2c(S(=O)(=O)O)cc3cc(Nc4ccccc4)ccc3c2O)c(OC)cc1N=Nc1cc(C)c(N=Nc2cc(C)c(N=Nc3ccc(S(=O)(=O)O)cc3S(=O)(=O)O)cc2OCCCS(=O)(=O)O)cc1OCCCS(=O)(=O)O. The largest absolute Gasteiger partial charge is 0.505 e. The zero-order valence-corrected chi connectivity index (χ0v) is 48.2. The van der Waals surface area contributed by atoms with Gasteiger partial charge in [0.25, 0.3) is 50.6 Å². The number of anilines is 2. The lowest BCUT2D eigenvalue weighted by Crippen LogP contribution is -2.08. The van der Waals surface area contributed by atoms with Crippen LogP contribution in [0.25, 0.3) is 10.8 Å². The average Bonchev–Trinajstić information content (AvgIpc) is 1.73. The zero-order valence-electron chi connectivity index (χ0n) is 44.2. The summed E-state index contributed by atoms with van der Waals surface area (Å²) in [5.74, 6) is -2.12. The van der Waals surface area contributed by atoms with Gasteiger partial charge < -0.3 is 29.4 Å². The topological polar surface area (TPSA) is 440 Å². The number of hydrogen-bond donors (Lipinski definition) is 7. The molecule has 0 aromatic heterocycles. The van der Waals surface area contributed by atoms with Crippen molar-refractivity contribution in [2.45, 2.75) is 41.4 Å². The normalized spacial score (nSPS) is 12.7. The molecule has 7 rings (SSSR count). The quantitative estimate of drug-likeness (QED) is 0.0159. The van der Waals surface area contributed by atoms with E-state index in [-0.39, 0.29) is 94.0 Å². The fourth-order valence-electron chi connectivity index (χ4n) is 7.58. The third-order valence-corrected chi connectivity index (χ3v) is 15.8. The molecule has 29 nitrogen and oxygen atoms in total. The van der Waals surface area contributed by atoms with E-state index in [1.807, 2.05) is 30.3 Å². The second-order valence-electron chi connectivity index (χ2n) is 17.7. The fraction of sp³-hybridized carbons (Fsp3) is 0.200. The van der Waals surface area contributed by atoms with E-state index in [9.17, 15) is 70.0 Å². The van der Waals surface area contributed by atoms with Crippen LogP contribution in [0.15, 0.2) is 165 Å². The fourth-order valence-corrected chi connectivity index (χ4v) is 10.4. The molecule has 84 heavy (non-hydrogen) atoms. The molecule has 7 aromatic rings. The van der Waals surface area contributed by atoms with Gasteiger partial charge in [0.15, 0.2) is 5.75 Å². The van der Waals surface area contributed by atoms with Crippen LogP contribution in [-0.4, -0.2) is 109 Å². The van der Waals surface area contributed by atoms with Gasteiger partial charge in [-0.15, -0.1) is 30.7 Å². The third-order valence-electron chi connectivity index (χ3n) is 11.6. The lowest BCUT2D eigenvalue weighted by atomic mass is 10.1. The average molecular weight is 1260 g/mol. The lowest BCUT2D eigenvalue weighted by molar-refractivity contribution is 0.317. The summed E-state index contributed by atoms with van der Waals surface area (Å²) in [6.45, 7) is 2.52. The molecule has 0 aliphatic rings. The van der Waals surface area contributed by atoms with Crippen molar-refractivity contribution in [3.8, 4) is 28.7 Å². The summed E-state index contributed by atoms with van der Waals surface area (Å²) < 4.78 is 190. The number of rotatable bonds is 25. The Morgan fingerprint density at radius 1 is 0.440 bits per heavy atom. The van der Waals surface area contributed by atoms with Crippen molar-refractivity contribution in [2.24, 2.45) is 40.9 Å². The van der Waals surface area contributed by atoms with Crippen LogP contribution >= 0.6 is 0 Å². The molecular weight excluding hydrogens is 1210 g/mol. The number of phenolic OH excluding ortho intramolecular Hbond substituents is 1. The minimum absolute atomic E-state index is 0.00352. The standard InChI is InChI=1S/C50H49N9O20S5/c1-29-20-39(45(78-16-8-18-80(61,62)63)25-37(29)53-52-36-15-13-34(82(67,68)69)24-47(36)83(70,71)72)55-54-38-26-46(79-17-9-19-81(64,65)66)40(21-30(38)2)56-57-41-27-44(77-4)42(28-43(41)76-3)58-59-49-48(84(73,74)75)23-31-22-33(12-14-35(31)50(49)60)51-32-10-6-5-7-11-32/h5-7,10-15,20-28,51,60H,8-9,16-19H2,1-4H3,(H,61,62,63)(H,64,65,66)(H,67,68,69)(H,70,71,72)(H,73,74,75). The molecule has 0 fully saturated rings. The van der Waals surface area contributed by atoms with Gasteiger partial charge in [-0.05, 0) is 110 Å². The first kappa shape index (κ1) is 63.1. The molecule has 0 unspecified atom stereocenters. The monoisotopic (exact) mass is 1260 g/mol. The van der Waals surface area contributed by atoms with Gasteiger partial charge in [-0.2, -0.15) is 52.3 Å². The van der Waals surface area contributed by atoms with E-state index in [1.165, 1.54) is 63.6 Å². The molecule has 0 atom stereocenters. The van der Waals surface area contributed by atoms with Gasteiger partial charge in [-0.1, -0.05) is 18.2 Å². The summed E-state index contributed by atoms with van der Waals surface area (Å²) in [6.07, 6.45) is -0.404. The highest BCUT2D eigenvalue weighted by atomic mass is 32.2. The summed E-state index contributed by atoms with van der Waals surface area (Å²) in [5, 5.41) is 48.4. The van der Waals surface area contributed by atoms with E-state index in [2.05, 4.69) is 46.2 Å². The Morgan fingerprint density at radius 2 is 0.893 bits per heavy atom. The van der Waals surface area contributed by atoms with E-state index >= 15 is 0 Å². The van der Waals surface area contributed by atoms with E-state index < -0.39 is 93.9 Å². The molecule has 0 amide bonds. The number of para-hydroxylation sites is 1. The number of aryl methyl sites for hydroxylation is 2. The van der Waals surface area contributed by atoms with Gasteiger partial charge in [-0.25, -0.2) is 0 Å². The second kappa shape index (κ2) is 26.0.